The quantitative estimate of drug-likeness (QED) is 0.923. The second kappa shape index (κ2) is 6.20. The number of halogens is 1. The highest BCUT2D eigenvalue weighted by molar-refractivity contribution is 5.60. The van der Waals surface area contributed by atoms with E-state index in [0.29, 0.717) is 5.82 Å². The number of aromatic nitrogens is 2. The Hall–Kier alpha value is -1.97. The Labute approximate surface area is 124 Å². The van der Waals surface area contributed by atoms with Crippen LogP contribution in [0.3, 0.4) is 0 Å². The third-order valence-electron chi connectivity index (χ3n) is 3.81. The number of nitrogens with one attached hydrogen (secondary N) is 1. The van der Waals surface area contributed by atoms with E-state index in [2.05, 4.69) is 22.2 Å². The van der Waals surface area contributed by atoms with Gasteiger partial charge in [-0.1, -0.05) is 19.1 Å². The van der Waals surface area contributed by atoms with E-state index >= 15 is 0 Å². The van der Waals surface area contributed by atoms with Gasteiger partial charge in [0, 0.05) is 23.4 Å². The van der Waals surface area contributed by atoms with Gasteiger partial charge in [-0.3, -0.25) is 0 Å². The summed E-state index contributed by atoms with van der Waals surface area (Å²) in [4.78, 5) is 9.32. The van der Waals surface area contributed by atoms with Crippen molar-refractivity contribution in [1.82, 2.24) is 9.97 Å². The summed E-state index contributed by atoms with van der Waals surface area (Å²) in [5.41, 5.74) is 3.10. The molecule has 1 aromatic heterocycles. The number of nitrogens with zero attached hydrogens (tertiary/aromatic N) is 2. The van der Waals surface area contributed by atoms with E-state index in [1.54, 1.807) is 6.07 Å². The molecule has 2 aromatic rings. The number of fused-ring (bicyclic) bond motifs is 1. The zero-order chi connectivity index (χ0) is 14.7. The molecule has 0 bridgehead atoms. The zero-order valence-electron chi connectivity index (χ0n) is 12.3. The molecule has 0 spiro atoms. The molecule has 0 radical (unpaired) electrons. The maximum absolute atomic E-state index is 13.4. The Morgan fingerprint density at radius 2 is 2.05 bits per heavy atom. The fraction of sp³-hybridized carbons (Fsp3) is 0.412. The number of hydrogen-bond donors (Lipinski definition) is 1. The number of rotatable bonds is 4. The zero-order valence-corrected chi connectivity index (χ0v) is 12.3. The third kappa shape index (κ3) is 3.04. The first kappa shape index (κ1) is 14.0. The lowest BCUT2D eigenvalue weighted by molar-refractivity contribution is 0.628. The summed E-state index contributed by atoms with van der Waals surface area (Å²) in [5.74, 6) is 1.30. The number of benzene rings is 1. The van der Waals surface area contributed by atoms with Crippen LogP contribution in [0.2, 0.25) is 0 Å². The maximum atomic E-state index is 13.4. The third-order valence-corrected chi connectivity index (χ3v) is 3.81. The molecule has 1 aromatic carbocycles. The van der Waals surface area contributed by atoms with Gasteiger partial charge in [-0.2, -0.15) is 0 Å². The Bertz CT molecular complexity index is 640. The van der Waals surface area contributed by atoms with E-state index < -0.39 is 0 Å². The first-order valence-corrected chi connectivity index (χ1v) is 7.67. The van der Waals surface area contributed by atoms with Crippen molar-refractivity contribution in [3.05, 3.63) is 41.3 Å². The van der Waals surface area contributed by atoms with E-state index in [1.165, 1.54) is 30.5 Å². The van der Waals surface area contributed by atoms with Crippen LogP contribution in [0.15, 0.2) is 24.3 Å². The Kier molecular flexibility index (Phi) is 4.13. The van der Waals surface area contributed by atoms with Gasteiger partial charge in [0.2, 0.25) is 0 Å². The van der Waals surface area contributed by atoms with Crippen molar-refractivity contribution >= 4 is 5.82 Å². The SMILES string of the molecule is CCCNc1nc(-c2cccc(F)c2)nc2c1CCCC2. The van der Waals surface area contributed by atoms with Crippen LogP contribution < -0.4 is 5.32 Å². The van der Waals surface area contributed by atoms with E-state index in [0.717, 1.165) is 42.9 Å². The standard InChI is InChI=1S/C17H20FN3/c1-2-10-19-17-14-8-3-4-9-15(14)20-16(21-17)12-6-5-7-13(18)11-12/h5-7,11H,2-4,8-10H2,1H3,(H,19,20,21). The van der Waals surface area contributed by atoms with Crippen LogP contribution in [0.1, 0.15) is 37.4 Å². The summed E-state index contributed by atoms with van der Waals surface area (Å²) in [6, 6.07) is 6.50. The fourth-order valence-electron chi connectivity index (χ4n) is 2.74. The van der Waals surface area contributed by atoms with Crippen LogP contribution in [0.25, 0.3) is 11.4 Å². The highest BCUT2D eigenvalue weighted by atomic mass is 19.1. The molecule has 0 amide bonds. The summed E-state index contributed by atoms with van der Waals surface area (Å²) in [6.07, 6.45) is 5.43. The average Bonchev–Trinajstić information content (AvgIpc) is 2.52. The molecule has 1 aliphatic rings. The lowest BCUT2D eigenvalue weighted by Crippen LogP contribution is -2.14. The van der Waals surface area contributed by atoms with Gasteiger partial charge in [-0.25, -0.2) is 14.4 Å². The van der Waals surface area contributed by atoms with Crippen LogP contribution in [0, 0.1) is 5.82 Å². The first-order valence-electron chi connectivity index (χ1n) is 7.67. The van der Waals surface area contributed by atoms with Gasteiger partial charge in [-0.15, -0.1) is 0 Å². The van der Waals surface area contributed by atoms with Gasteiger partial charge in [-0.05, 0) is 44.2 Å². The van der Waals surface area contributed by atoms with Crippen molar-refractivity contribution in [2.75, 3.05) is 11.9 Å². The van der Waals surface area contributed by atoms with Crippen LogP contribution in [0.4, 0.5) is 10.2 Å². The topological polar surface area (TPSA) is 37.8 Å². The minimum atomic E-state index is -0.253. The van der Waals surface area contributed by atoms with Crippen LogP contribution in [-0.2, 0) is 12.8 Å². The lowest BCUT2D eigenvalue weighted by Gasteiger charge is -2.19. The summed E-state index contributed by atoms with van der Waals surface area (Å²) in [5, 5.41) is 3.40. The largest absolute Gasteiger partial charge is 0.370 e. The van der Waals surface area contributed by atoms with Crippen molar-refractivity contribution in [3.8, 4) is 11.4 Å². The fourth-order valence-corrected chi connectivity index (χ4v) is 2.74. The number of hydrogen-bond acceptors (Lipinski definition) is 3. The maximum Gasteiger partial charge on any atom is 0.161 e. The van der Waals surface area contributed by atoms with Gasteiger partial charge in [0.15, 0.2) is 5.82 Å². The Morgan fingerprint density at radius 3 is 2.86 bits per heavy atom. The molecule has 21 heavy (non-hydrogen) atoms. The molecule has 3 rings (SSSR count). The molecule has 110 valence electrons. The van der Waals surface area contributed by atoms with E-state index in [9.17, 15) is 4.39 Å². The normalized spacial score (nSPS) is 13.8. The van der Waals surface area contributed by atoms with E-state index in [1.807, 2.05) is 6.07 Å². The van der Waals surface area contributed by atoms with Crippen LogP contribution >= 0.6 is 0 Å². The molecule has 1 heterocycles. The highest BCUT2D eigenvalue weighted by Crippen LogP contribution is 2.28. The molecule has 1 aliphatic carbocycles. The average molecular weight is 285 g/mol. The van der Waals surface area contributed by atoms with Crippen molar-refractivity contribution in [2.45, 2.75) is 39.0 Å². The molecular weight excluding hydrogens is 265 g/mol. The van der Waals surface area contributed by atoms with E-state index in [4.69, 9.17) is 0 Å². The molecule has 0 unspecified atom stereocenters. The summed E-state index contributed by atoms with van der Waals surface area (Å²) < 4.78 is 13.4. The summed E-state index contributed by atoms with van der Waals surface area (Å²) in [6.45, 7) is 3.03. The summed E-state index contributed by atoms with van der Waals surface area (Å²) >= 11 is 0. The smallest absolute Gasteiger partial charge is 0.161 e. The van der Waals surface area contributed by atoms with Crippen molar-refractivity contribution in [2.24, 2.45) is 0 Å². The second-order valence-corrected chi connectivity index (χ2v) is 5.47. The molecule has 1 N–H and O–H groups in total. The van der Waals surface area contributed by atoms with Crippen LogP contribution in [-0.4, -0.2) is 16.5 Å². The molecule has 0 saturated heterocycles. The molecule has 0 aliphatic heterocycles. The van der Waals surface area contributed by atoms with Crippen LogP contribution in [0.5, 0.6) is 0 Å². The van der Waals surface area contributed by atoms with Crippen molar-refractivity contribution < 1.29 is 4.39 Å². The Morgan fingerprint density at radius 1 is 1.19 bits per heavy atom. The number of aryl methyl sites for hydroxylation is 1. The number of anilines is 1. The first-order chi connectivity index (χ1) is 10.3. The molecule has 4 heteroatoms. The predicted octanol–water partition coefficient (Wildman–Crippen LogP) is 3.98. The van der Waals surface area contributed by atoms with Crippen molar-refractivity contribution in [3.63, 3.8) is 0 Å². The van der Waals surface area contributed by atoms with Gasteiger partial charge < -0.3 is 5.32 Å². The Balaban J connectivity index is 2.05. The lowest BCUT2D eigenvalue weighted by atomic mass is 9.96. The van der Waals surface area contributed by atoms with Gasteiger partial charge in [0.05, 0.1) is 0 Å². The van der Waals surface area contributed by atoms with E-state index in [-0.39, 0.29) is 5.82 Å². The molecule has 0 atom stereocenters. The van der Waals surface area contributed by atoms with Gasteiger partial charge in [0.1, 0.15) is 11.6 Å². The molecule has 0 fully saturated rings. The van der Waals surface area contributed by atoms with Gasteiger partial charge in [0.25, 0.3) is 0 Å². The van der Waals surface area contributed by atoms with Gasteiger partial charge >= 0.3 is 0 Å². The van der Waals surface area contributed by atoms with Crippen molar-refractivity contribution in [1.29, 1.82) is 0 Å². The monoisotopic (exact) mass is 285 g/mol. The minimum absolute atomic E-state index is 0.253. The predicted molar refractivity (Wildman–Crippen MR) is 82.8 cm³/mol. The second-order valence-electron chi connectivity index (χ2n) is 5.47. The molecular formula is C17H20FN3. The molecule has 3 nitrogen and oxygen atoms in total. The molecule has 0 saturated carbocycles. The minimum Gasteiger partial charge on any atom is -0.370 e. The highest BCUT2D eigenvalue weighted by Gasteiger charge is 2.18. The summed E-state index contributed by atoms with van der Waals surface area (Å²) in [7, 11) is 0.